The van der Waals surface area contributed by atoms with Crippen LogP contribution < -0.4 is 4.74 Å². The van der Waals surface area contributed by atoms with Crippen LogP contribution in [0.25, 0.3) is 0 Å². The third kappa shape index (κ3) is 3.97. The van der Waals surface area contributed by atoms with E-state index >= 15 is 0 Å². The molecule has 0 aliphatic heterocycles. The second-order valence-corrected chi connectivity index (χ2v) is 5.47. The first-order valence-electron chi connectivity index (χ1n) is 7.96. The molecule has 0 aliphatic rings. The predicted octanol–water partition coefficient (Wildman–Crippen LogP) is 5.00. The summed E-state index contributed by atoms with van der Waals surface area (Å²) in [6.45, 7) is 6.55. The SMILES string of the molecule is CCc1ccc(C(C)N=Cc2ccc(OC)cc2)c(CC)c1. The predicted molar refractivity (Wildman–Crippen MR) is 94.2 cm³/mol. The van der Waals surface area contributed by atoms with Crippen molar-refractivity contribution in [3.8, 4) is 5.75 Å². The summed E-state index contributed by atoms with van der Waals surface area (Å²) in [6.07, 6.45) is 4.07. The highest BCUT2D eigenvalue weighted by atomic mass is 16.5. The fraction of sp³-hybridized carbons (Fsp3) is 0.350. The van der Waals surface area contributed by atoms with Gasteiger partial charge in [0, 0.05) is 6.21 Å². The third-order valence-electron chi connectivity index (χ3n) is 4.01. The summed E-state index contributed by atoms with van der Waals surface area (Å²) in [5, 5.41) is 0. The molecule has 2 heteroatoms. The van der Waals surface area contributed by atoms with Gasteiger partial charge in [-0.05, 0) is 66.3 Å². The molecule has 2 aromatic carbocycles. The van der Waals surface area contributed by atoms with Gasteiger partial charge in [0.25, 0.3) is 0 Å². The van der Waals surface area contributed by atoms with Crippen LogP contribution in [0, 0.1) is 0 Å². The van der Waals surface area contributed by atoms with Crippen molar-refractivity contribution in [3.63, 3.8) is 0 Å². The minimum Gasteiger partial charge on any atom is -0.497 e. The van der Waals surface area contributed by atoms with Crippen LogP contribution in [0.15, 0.2) is 47.5 Å². The molecule has 2 rings (SSSR count). The van der Waals surface area contributed by atoms with Crippen molar-refractivity contribution in [2.24, 2.45) is 4.99 Å². The molecule has 1 unspecified atom stereocenters. The molecule has 0 amide bonds. The summed E-state index contributed by atoms with van der Waals surface area (Å²) in [4.78, 5) is 4.72. The van der Waals surface area contributed by atoms with E-state index < -0.39 is 0 Å². The fourth-order valence-electron chi connectivity index (χ4n) is 2.56. The van der Waals surface area contributed by atoms with Gasteiger partial charge in [-0.3, -0.25) is 4.99 Å². The van der Waals surface area contributed by atoms with Crippen molar-refractivity contribution < 1.29 is 4.74 Å². The number of methoxy groups -OCH3 is 1. The molecule has 2 nitrogen and oxygen atoms in total. The normalized spacial score (nSPS) is 12.5. The molecule has 0 aliphatic carbocycles. The average Bonchev–Trinajstić information content (AvgIpc) is 2.59. The maximum Gasteiger partial charge on any atom is 0.118 e. The molecule has 0 aromatic heterocycles. The van der Waals surface area contributed by atoms with Gasteiger partial charge >= 0.3 is 0 Å². The van der Waals surface area contributed by atoms with Gasteiger partial charge < -0.3 is 4.74 Å². The van der Waals surface area contributed by atoms with Crippen LogP contribution in [0.1, 0.15) is 49.1 Å². The number of ether oxygens (including phenoxy) is 1. The van der Waals surface area contributed by atoms with E-state index in [1.54, 1.807) is 7.11 Å². The standard InChI is InChI=1S/C20H25NO/c1-5-16-9-12-20(18(6-2)13-16)15(3)21-14-17-7-10-19(22-4)11-8-17/h7-15H,5-6H2,1-4H3. The fourth-order valence-corrected chi connectivity index (χ4v) is 2.56. The van der Waals surface area contributed by atoms with Crippen LogP contribution in [0.2, 0.25) is 0 Å². The molecule has 0 heterocycles. The molecule has 0 fully saturated rings. The van der Waals surface area contributed by atoms with Gasteiger partial charge in [0.05, 0.1) is 13.2 Å². The number of aliphatic imine (C=N–C) groups is 1. The van der Waals surface area contributed by atoms with Crippen molar-refractivity contribution >= 4 is 6.21 Å². The lowest BCUT2D eigenvalue weighted by molar-refractivity contribution is 0.415. The molecule has 22 heavy (non-hydrogen) atoms. The Morgan fingerprint density at radius 1 is 1.05 bits per heavy atom. The summed E-state index contributed by atoms with van der Waals surface area (Å²) in [5.74, 6) is 0.869. The molecule has 0 saturated carbocycles. The van der Waals surface area contributed by atoms with Crippen LogP contribution in [0.3, 0.4) is 0 Å². The Bertz CT molecular complexity index is 629. The van der Waals surface area contributed by atoms with Crippen LogP contribution in [0.5, 0.6) is 5.75 Å². The summed E-state index contributed by atoms with van der Waals surface area (Å²) < 4.78 is 5.17. The number of benzene rings is 2. The van der Waals surface area contributed by atoms with Crippen molar-refractivity contribution in [1.29, 1.82) is 0 Å². The maximum atomic E-state index is 5.17. The van der Waals surface area contributed by atoms with Crippen molar-refractivity contribution in [3.05, 3.63) is 64.7 Å². The van der Waals surface area contributed by atoms with E-state index in [9.17, 15) is 0 Å². The summed E-state index contributed by atoms with van der Waals surface area (Å²) in [5.41, 5.74) is 5.21. The second kappa shape index (κ2) is 7.79. The van der Waals surface area contributed by atoms with Gasteiger partial charge in [0.15, 0.2) is 0 Å². The highest BCUT2D eigenvalue weighted by Gasteiger charge is 2.08. The molecule has 1 atom stereocenters. The topological polar surface area (TPSA) is 21.6 Å². The zero-order chi connectivity index (χ0) is 15.9. The van der Waals surface area contributed by atoms with Gasteiger partial charge in [-0.15, -0.1) is 0 Å². The van der Waals surface area contributed by atoms with Crippen LogP contribution >= 0.6 is 0 Å². The Labute approximate surface area is 133 Å². The van der Waals surface area contributed by atoms with E-state index in [2.05, 4.69) is 39.0 Å². The molecule has 0 N–H and O–H groups in total. The quantitative estimate of drug-likeness (QED) is 0.687. The van der Waals surface area contributed by atoms with E-state index in [1.165, 1.54) is 16.7 Å². The van der Waals surface area contributed by atoms with Crippen molar-refractivity contribution in [1.82, 2.24) is 0 Å². The second-order valence-electron chi connectivity index (χ2n) is 5.47. The Morgan fingerprint density at radius 3 is 2.36 bits per heavy atom. The van der Waals surface area contributed by atoms with Crippen molar-refractivity contribution in [2.75, 3.05) is 7.11 Å². The maximum absolute atomic E-state index is 5.17. The Kier molecular flexibility index (Phi) is 5.76. The van der Waals surface area contributed by atoms with Gasteiger partial charge in [-0.2, -0.15) is 0 Å². The lowest BCUT2D eigenvalue weighted by atomic mass is 9.96. The number of rotatable bonds is 6. The molecule has 116 valence electrons. The van der Waals surface area contributed by atoms with Crippen LogP contribution in [0.4, 0.5) is 0 Å². The molecule has 0 radical (unpaired) electrons. The lowest BCUT2D eigenvalue weighted by Crippen LogP contribution is -1.99. The number of hydrogen-bond donors (Lipinski definition) is 0. The minimum atomic E-state index is 0.169. The number of aryl methyl sites for hydroxylation is 2. The van der Waals surface area contributed by atoms with E-state index in [0.717, 1.165) is 24.2 Å². The third-order valence-corrected chi connectivity index (χ3v) is 4.01. The Morgan fingerprint density at radius 2 is 1.77 bits per heavy atom. The highest BCUT2D eigenvalue weighted by molar-refractivity contribution is 5.80. The van der Waals surface area contributed by atoms with Gasteiger partial charge in [-0.1, -0.05) is 32.0 Å². The van der Waals surface area contributed by atoms with Crippen LogP contribution in [-0.4, -0.2) is 13.3 Å². The zero-order valence-electron chi connectivity index (χ0n) is 14.0. The summed E-state index contributed by atoms with van der Waals surface area (Å²) in [7, 11) is 1.68. The van der Waals surface area contributed by atoms with Crippen LogP contribution in [-0.2, 0) is 12.8 Å². The monoisotopic (exact) mass is 295 g/mol. The molecule has 0 saturated heterocycles. The Balaban J connectivity index is 2.16. The van der Waals surface area contributed by atoms with E-state index in [-0.39, 0.29) is 6.04 Å². The zero-order valence-corrected chi connectivity index (χ0v) is 14.0. The first-order chi connectivity index (χ1) is 10.7. The number of nitrogens with zero attached hydrogens (tertiary/aromatic N) is 1. The average molecular weight is 295 g/mol. The van der Waals surface area contributed by atoms with E-state index in [1.807, 2.05) is 30.5 Å². The Hall–Kier alpha value is -2.09. The van der Waals surface area contributed by atoms with Gasteiger partial charge in [0.2, 0.25) is 0 Å². The highest BCUT2D eigenvalue weighted by Crippen LogP contribution is 2.23. The first-order valence-corrected chi connectivity index (χ1v) is 7.96. The molecular formula is C20H25NO. The molecule has 0 bridgehead atoms. The lowest BCUT2D eigenvalue weighted by Gasteiger charge is -2.13. The molecule has 0 spiro atoms. The minimum absolute atomic E-state index is 0.169. The molecular weight excluding hydrogens is 270 g/mol. The number of hydrogen-bond acceptors (Lipinski definition) is 2. The summed E-state index contributed by atoms with van der Waals surface area (Å²) in [6, 6.07) is 14.9. The summed E-state index contributed by atoms with van der Waals surface area (Å²) >= 11 is 0. The first kappa shape index (κ1) is 16.3. The largest absolute Gasteiger partial charge is 0.497 e. The van der Waals surface area contributed by atoms with Gasteiger partial charge in [0.1, 0.15) is 5.75 Å². The molecule has 2 aromatic rings. The van der Waals surface area contributed by atoms with Crippen molar-refractivity contribution in [2.45, 2.75) is 39.7 Å². The van der Waals surface area contributed by atoms with E-state index in [4.69, 9.17) is 9.73 Å². The van der Waals surface area contributed by atoms with E-state index in [0.29, 0.717) is 0 Å². The smallest absolute Gasteiger partial charge is 0.118 e. The van der Waals surface area contributed by atoms with Gasteiger partial charge in [-0.25, -0.2) is 0 Å².